The van der Waals surface area contributed by atoms with Gasteiger partial charge in [0, 0.05) is 3.57 Å². The molecule has 0 aliphatic heterocycles. The molecule has 3 N–H and O–H groups in total. The van der Waals surface area contributed by atoms with Crippen molar-refractivity contribution in [2.24, 2.45) is 0 Å². The van der Waals surface area contributed by atoms with Crippen molar-refractivity contribution in [2.45, 2.75) is 0 Å². The fourth-order valence-electron chi connectivity index (χ4n) is 0.886. The van der Waals surface area contributed by atoms with Crippen LogP contribution < -0.4 is 5.73 Å². The van der Waals surface area contributed by atoms with Crippen LogP contribution in [0, 0.1) is 3.57 Å². The summed E-state index contributed by atoms with van der Waals surface area (Å²) in [7, 11) is 1.25. The third-order valence-electron chi connectivity index (χ3n) is 1.51. The molecule has 0 fully saturated rings. The number of esters is 1. The van der Waals surface area contributed by atoms with E-state index in [4.69, 9.17) is 5.73 Å². The van der Waals surface area contributed by atoms with Gasteiger partial charge in [-0.1, -0.05) is 0 Å². The van der Waals surface area contributed by atoms with E-state index in [9.17, 15) is 9.90 Å². The van der Waals surface area contributed by atoms with Gasteiger partial charge in [-0.05, 0) is 34.7 Å². The first kappa shape index (κ1) is 10.1. The molecule has 0 heterocycles. The van der Waals surface area contributed by atoms with E-state index in [0.717, 1.165) is 3.57 Å². The zero-order valence-electron chi connectivity index (χ0n) is 6.87. The molecule has 0 radical (unpaired) electrons. The Labute approximate surface area is 88.8 Å². The van der Waals surface area contributed by atoms with E-state index in [1.54, 1.807) is 6.07 Å². The largest absolute Gasteiger partial charge is 0.505 e. The van der Waals surface area contributed by atoms with Gasteiger partial charge in [0.2, 0.25) is 0 Å². The van der Waals surface area contributed by atoms with Crippen LogP contribution in [-0.2, 0) is 4.74 Å². The molecule has 0 amide bonds. The first-order valence-electron chi connectivity index (χ1n) is 3.42. The highest BCUT2D eigenvalue weighted by Gasteiger charge is 2.14. The monoisotopic (exact) mass is 293 g/mol. The highest BCUT2D eigenvalue weighted by atomic mass is 127. The van der Waals surface area contributed by atoms with Crippen molar-refractivity contribution in [3.8, 4) is 5.75 Å². The minimum atomic E-state index is -0.595. The number of rotatable bonds is 1. The van der Waals surface area contributed by atoms with Gasteiger partial charge < -0.3 is 15.6 Å². The van der Waals surface area contributed by atoms with Crippen LogP contribution in [-0.4, -0.2) is 18.2 Å². The summed E-state index contributed by atoms with van der Waals surface area (Å²) in [5.74, 6) is -0.824. The number of nitrogen functional groups attached to an aromatic ring is 1. The van der Waals surface area contributed by atoms with Gasteiger partial charge in [-0.3, -0.25) is 0 Å². The quantitative estimate of drug-likeness (QED) is 0.355. The lowest BCUT2D eigenvalue weighted by Gasteiger charge is -2.05. The number of phenolic OH excluding ortho intramolecular Hbond substituents is 1. The minimum absolute atomic E-state index is 0.0897. The van der Waals surface area contributed by atoms with E-state index >= 15 is 0 Å². The second-order valence-electron chi connectivity index (χ2n) is 2.38. The Morgan fingerprint density at radius 1 is 1.62 bits per heavy atom. The summed E-state index contributed by atoms with van der Waals surface area (Å²) in [5.41, 5.74) is 5.71. The van der Waals surface area contributed by atoms with Crippen LogP contribution >= 0.6 is 22.6 Å². The third kappa shape index (κ3) is 2.03. The number of aromatic hydroxyl groups is 1. The van der Waals surface area contributed by atoms with Crippen LogP contribution in [0.3, 0.4) is 0 Å². The van der Waals surface area contributed by atoms with E-state index in [1.165, 1.54) is 13.2 Å². The number of benzene rings is 1. The SMILES string of the molecule is COC(=O)c1cc(I)cc(N)c1O. The van der Waals surface area contributed by atoms with Gasteiger partial charge >= 0.3 is 5.97 Å². The normalized spacial score (nSPS) is 9.69. The number of hydrogen-bond donors (Lipinski definition) is 2. The van der Waals surface area contributed by atoms with Gasteiger partial charge in [0.05, 0.1) is 12.8 Å². The molecule has 13 heavy (non-hydrogen) atoms. The lowest BCUT2D eigenvalue weighted by molar-refractivity contribution is 0.0597. The lowest BCUT2D eigenvalue weighted by Crippen LogP contribution is -2.03. The topological polar surface area (TPSA) is 72.5 Å². The fraction of sp³-hybridized carbons (Fsp3) is 0.125. The molecule has 0 spiro atoms. The number of anilines is 1. The van der Waals surface area contributed by atoms with Gasteiger partial charge in [0.15, 0.2) is 5.75 Å². The van der Waals surface area contributed by atoms with Crippen LogP contribution in [0.4, 0.5) is 5.69 Å². The molecule has 1 rings (SSSR count). The molecule has 5 heteroatoms. The van der Waals surface area contributed by atoms with Crippen molar-refractivity contribution >= 4 is 34.2 Å². The van der Waals surface area contributed by atoms with E-state index in [0.29, 0.717) is 0 Å². The number of hydrogen-bond acceptors (Lipinski definition) is 4. The minimum Gasteiger partial charge on any atom is -0.505 e. The molecule has 70 valence electrons. The van der Waals surface area contributed by atoms with Crippen molar-refractivity contribution < 1.29 is 14.6 Å². The average molecular weight is 293 g/mol. The van der Waals surface area contributed by atoms with Gasteiger partial charge in [0.25, 0.3) is 0 Å². The summed E-state index contributed by atoms with van der Waals surface area (Å²) >= 11 is 2.00. The highest BCUT2D eigenvalue weighted by Crippen LogP contribution is 2.27. The molecule has 0 aliphatic rings. The molecular weight excluding hydrogens is 285 g/mol. The molecule has 1 aromatic carbocycles. The molecule has 0 atom stereocenters. The highest BCUT2D eigenvalue weighted by molar-refractivity contribution is 14.1. The Bertz CT molecular complexity index is 351. The predicted octanol–water partition coefficient (Wildman–Crippen LogP) is 1.37. The van der Waals surface area contributed by atoms with Crippen LogP contribution in [0.25, 0.3) is 0 Å². The molecule has 0 aliphatic carbocycles. The summed E-state index contributed by atoms with van der Waals surface area (Å²) in [6.45, 7) is 0. The van der Waals surface area contributed by atoms with E-state index in [-0.39, 0.29) is 17.0 Å². The Kier molecular flexibility index (Phi) is 2.97. The smallest absolute Gasteiger partial charge is 0.341 e. The van der Waals surface area contributed by atoms with E-state index in [2.05, 4.69) is 4.74 Å². The fourth-order valence-corrected chi connectivity index (χ4v) is 1.53. The number of nitrogens with two attached hydrogens (primary N) is 1. The van der Waals surface area contributed by atoms with Crippen molar-refractivity contribution in [1.29, 1.82) is 0 Å². The standard InChI is InChI=1S/C8H8INO3/c1-13-8(12)5-2-4(9)3-6(10)7(5)11/h2-3,11H,10H2,1H3. The number of ether oxygens (including phenoxy) is 1. The van der Waals surface area contributed by atoms with Gasteiger partial charge in [-0.2, -0.15) is 0 Å². The first-order chi connectivity index (χ1) is 6.06. The number of phenols is 1. The molecule has 0 aromatic heterocycles. The van der Waals surface area contributed by atoms with Crippen molar-refractivity contribution in [1.82, 2.24) is 0 Å². The molecule has 4 nitrogen and oxygen atoms in total. The van der Waals surface area contributed by atoms with Crippen molar-refractivity contribution in [3.05, 3.63) is 21.3 Å². The molecule has 1 aromatic rings. The van der Waals surface area contributed by atoms with Gasteiger partial charge in [-0.15, -0.1) is 0 Å². The summed E-state index contributed by atoms with van der Waals surface area (Å²) in [5, 5.41) is 9.39. The molecule has 0 saturated heterocycles. The van der Waals surface area contributed by atoms with Crippen LogP contribution in [0.15, 0.2) is 12.1 Å². The summed E-state index contributed by atoms with van der Waals surface area (Å²) in [6, 6.07) is 3.08. The maximum absolute atomic E-state index is 11.1. The number of halogens is 1. The first-order valence-corrected chi connectivity index (χ1v) is 4.50. The molecule has 0 unspecified atom stereocenters. The molecular formula is C8H8INO3. The van der Waals surface area contributed by atoms with Crippen molar-refractivity contribution in [2.75, 3.05) is 12.8 Å². The van der Waals surface area contributed by atoms with Crippen LogP contribution in [0.1, 0.15) is 10.4 Å². The van der Waals surface area contributed by atoms with Crippen molar-refractivity contribution in [3.63, 3.8) is 0 Å². The summed E-state index contributed by atoms with van der Waals surface area (Å²) < 4.78 is 5.24. The zero-order chi connectivity index (χ0) is 10.0. The number of carbonyl (C=O) groups is 1. The Balaban J connectivity index is 3.28. The van der Waals surface area contributed by atoms with Crippen LogP contribution in [0.5, 0.6) is 5.75 Å². The zero-order valence-corrected chi connectivity index (χ0v) is 9.03. The number of methoxy groups -OCH3 is 1. The Morgan fingerprint density at radius 3 is 2.77 bits per heavy atom. The molecule has 0 saturated carbocycles. The van der Waals surface area contributed by atoms with Gasteiger partial charge in [-0.25, -0.2) is 4.79 Å². The maximum Gasteiger partial charge on any atom is 0.341 e. The number of carbonyl (C=O) groups excluding carboxylic acids is 1. The second-order valence-corrected chi connectivity index (χ2v) is 3.63. The van der Waals surface area contributed by atoms with E-state index in [1.807, 2.05) is 22.6 Å². The van der Waals surface area contributed by atoms with Crippen LogP contribution in [0.2, 0.25) is 0 Å². The summed E-state index contributed by atoms with van der Waals surface area (Å²) in [4.78, 5) is 11.1. The lowest BCUT2D eigenvalue weighted by atomic mass is 10.2. The maximum atomic E-state index is 11.1. The Hall–Kier alpha value is -0.980. The Morgan fingerprint density at radius 2 is 2.23 bits per heavy atom. The predicted molar refractivity (Wildman–Crippen MR) is 56.6 cm³/mol. The average Bonchev–Trinajstić information content (AvgIpc) is 2.10. The molecule has 0 bridgehead atoms. The van der Waals surface area contributed by atoms with Gasteiger partial charge in [0.1, 0.15) is 5.56 Å². The van der Waals surface area contributed by atoms with E-state index < -0.39 is 5.97 Å². The third-order valence-corrected chi connectivity index (χ3v) is 2.13. The summed E-state index contributed by atoms with van der Waals surface area (Å²) in [6.07, 6.45) is 0. The second kappa shape index (κ2) is 3.82.